The summed E-state index contributed by atoms with van der Waals surface area (Å²) in [6.07, 6.45) is 1.65. The van der Waals surface area contributed by atoms with E-state index < -0.39 is 4.92 Å². The smallest absolute Gasteiger partial charge is 0.270 e. The number of rotatable bonds is 4. The molecule has 0 N–H and O–H groups in total. The first-order valence-electron chi connectivity index (χ1n) is 6.08. The normalized spacial score (nSPS) is 10.2. The second kappa shape index (κ2) is 6.45. The van der Waals surface area contributed by atoms with Crippen LogP contribution in [-0.2, 0) is 6.54 Å². The van der Waals surface area contributed by atoms with E-state index in [2.05, 4.69) is 20.9 Å². The lowest BCUT2D eigenvalue weighted by atomic mass is 10.1. The Morgan fingerprint density at radius 3 is 2.76 bits per heavy atom. The predicted molar refractivity (Wildman–Crippen MR) is 80.8 cm³/mol. The quantitative estimate of drug-likeness (QED) is 0.627. The average molecular weight is 350 g/mol. The molecule has 1 amide bonds. The molecular weight excluding hydrogens is 338 g/mol. The first-order chi connectivity index (χ1) is 9.99. The third-order valence-corrected chi connectivity index (χ3v) is 3.55. The predicted octanol–water partition coefficient (Wildman–Crippen LogP) is 3.02. The number of nitrogens with zero attached hydrogens (tertiary/aromatic N) is 3. The summed E-state index contributed by atoms with van der Waals surface area (Å²) in [7, 11) is 1.63. The molecule has 1 heterocycles. The molecule has 108 valence electrons. The fourth-order valence-electron chi connectivity index (χ4n) is 1.80. The van der Waals surface area contributed by atoms with Crippen LogP contribution in [0.1, 0.15) is 16.1 Å². The van der Waals surface area contributed by atoms with Crippen molar-refractivity contribution >= 4 is 27.5 Å². The summed E-state index contributed by atoms with van der Waals surface area (Å²) < 4.78 is 0.519. The lowest BCUT2D eigenvalue weighted by Gasteiger charge is -2.17. The van der Waals surface area contributed by atoms with Crippen LogP contribution in [0, 0.1) is 10.1 Å². The van der Waals surface area contributed by atoms with Crippen molar-refractivity contribution in [3.05, 3.63) is 68.4 Å². The molecule has 0 aliphatic rings. The van der Waals surface area contributed by atoms with E-state index in [9.17, 15) is 14.9 Å². The first kappa shape index (κ1) is 15.1. The van der Waals surface area contributed by atoms with Crippen molar-refractivity contribution in [3.8, 4) is 0 Å². The maximum absolute atomic E-state index is 12.4. The molecule has 2 rings (SSSR count). The van der Waals surface area contributed by atoms with Crippen LogP contribution in [0.2, 0.25) is 0 Å². The van der Waals surface area contributed by atoms with Crippen molar-refractivity contribution in [2.24, 2.45) is 0 Å². The maximum atomic E-state index is 12.4. The molecule has 0 bridgehead atoms. The summed E-state index contributed by atoms with van der Waals surface area (Å²) in [5, 5.41) is 10.8. The van der Waals surface area contributed by atoms with Gasteiger partial charge in [-0.2, -0.15) is 0 Å². The molecule has 0 radical (unpaired) electrons. The lowest BCUT2D eigenvalue weighted by Crippen LogP contribution is -2.27. The Hall–Kier alpha value is -2.28. The second-order valence-corrected chi connectivity index (χ2v) is 5.26. The minimum absolute atomic E-state index is 0.118. The van der Waals surface area contributed by atoms with Crippen LogP contribution in [0.15, 0.2) is 47.1 Å². The van der Waals surface area contributed by atoms with Crippen molar-refractivity contribution < 1.29 is 9.72 Å². The molecule has 6 nitrogen and oxygen atoms in total. The van der Waals surface area contributed by atoms with Gasteiger partial charge in [0.05, 0.1) is 22.7 Å². The van der Waals surface area contributed by atoms with Gasteiger partial charge in [0.15, 0.2) is 0 Å². The molecule has 0 fully saturated rings. The molecule has 0 unspecified atom stereocenters. The highest BCUT2D eigenvalue weighted by molar-refractivity contribution is 9.10. The second-order valence-electron chi connectivity index (χ2n) is 4.40. The number of nitro groups is 1. The molecule has 1 aromatic carbocycles. The Morgan fingerprint density at radius 2 is 2.14 bits per heavy atom. The number of non-ortho nitro benzene ring substituents is 1. The number of hydrogen-bond donors (Lipinski definition) is 0. The molecular formula is C14H12BrN3O3. The Balaban J connectivity index is 2.23. The molecule has 7 heteroatoms. The summed E-state index contributed by atoms with van der Waals surface area (Å²) in [5.41, 5.74) is 0.880. The van der Waals surface area contributed by atoms with Crippen LogP contribution in [0.25, 0.3) is 0 Å². The number of pyridine rings is 1. The van der Waals surface area contributed by atoms with Gasteiger partial charge in [-0.05, 0) is 34.1 Å². The number of carbonyl (C=O) groups is 1. The van der Waals surface area contributed by atoms with E-state index in [0.717, 1.165) is 5.69 Å². The van der Waals surface area contributed by atoms with Crippen LogP contribution in [0.3, 0.4) is 0 Å². The molecule has 0 spiro atoms. The van der Waals surface area contributed by atoms with Gasteiger partial charge in [0.25, 0.3) is 11.6 Å². The zero-order chi connectivity index (χ0) is 15.4. The van der Waals surface area contributed by atoms with E-state index >= 15 is 0 Å². The summed E-state index contributed by atoms with van der Waals surface area (Å²) in [6.45, 7) is 0.328. The van der Waals surface area contributed by atoms with Crippen molar-refractivity contribution in [1.29, 1.82) is 0 Å². The van der Waals surface area contributed by atoms with Gasteiger partial charge in [-0.1, -0.05) is 6.07 Å². The van der Waals surface area contributed by atoms with Crippen molar-refractivity contribution in [3.63, 3.8) is 0 Å². The van der Waals surface area contributed by atoms with Gasteiger partial charge in [-0.25, -0.2) is 0 Å². The van der Waals surface area contributed by atoms with Crippen molar-refractivity contribution in [2.75, 3.05) is 7.05 Å². The number of hydrogen-bond acceptors (Lipinski definition) is 4. The van der Waals surface area contributed by atoms with Gasteiger partial charge in [0.2, 0.25) is 0 Å². The fraction of sp³-hybridized carbons (Fsp3) is 0.143. The molecule has 0 aliphatic carbocycles. The standard InChI is InChI=1S/C14H12BrN3O3/c1-17(9-10-4-2-3-7-16-10)14(19)12-8-11(18(20)21)5-6-13(12)15/h2-8H,9H2,1H3. The molecule has 0 aliphatic heterocycles. The van der Waals surface area contributed by atoms with E-state index in [1.54, 1.807) is 19.3 Å². The SMILES string of the molecule is CN(Cc1ccccn1)C(=O)c1cc([N+](=O)[O-])ccc1Br. The van der Waals surface area contributed by atoms with Gasteiger partial charge in [0.1, 0.15) is 0 Å². The van der Waals surface area contributed by atoms with Gasteiger partial charge < -0.3 is 4.90 Å². The largest absolute Gasteiger partial charge is 0.336 e. The lowest BCUT2D eigenvalue weighted by molar-refractivity contribution is -0.384. The Morgan fingerprint density at radius 1 is 1.38 bits per heavy atom. The van der Waals surface area contributed by atoms with Crippen LogP contribution in [-0.4, -0.2) is 27.8 Å². The van der Waals surface area contributed by atoms with E-state index in [1.807, 2.05) is 12.1 Å². The highest BCUT2D eigenvalue weighted by Gasteiger charge is 2.19. The van der Waals surface area contributed by atoms with Gasteiger partial charge in [0, 0.05) is 29.8 Å². The summed E-state index contributed by atoms with van der Waals surface area (Å²) in [5.74, 6) is -0.309. The van der Waals surface area contributed by atoms with E-state index in [1.165, 1.54) is 23.1 Å². The van der Waals surface area contributed by atoms with E-state index in [-0.39, 0.29) is 17.2 Å². The van der Waals surface area contributed by atoms with Crippen LogP contribution in [0.5, 0.6) is 0 Å². The molecule has 1 aromatic heterocycles. The number of halogens is 1. The average Bonchev–Trinajstić information content (AvgIpc) is 2.47. The number of aromatic nitrogens is 1. The first-order valence-corrected chi connectivity index (χ1v) is 6.87. The van der Waals surface area contributed by atoms with Gasteiger partial charge in [-0.15, -0.1) is 0 Å². The van der Waals surface area contributed by atoms with Gasteiger partial charge >= 0.3 is 0 Å². The van der Waals surface area contributed by atoms with E-state index in [0.29, 0.717) is 11.0 Å². The number of nitro benzene ring substituents is 1. The van der Waals surface area contributed by atoms with Crippen LogP contribution in [0.4, 0.5) is 5.69 Å². The molecule has 0 atom stereocenters. The third kappa shape index (κ3) is 3.63. The highest BCUT2D eigenvalue weighted by atomic mass is 79.9. The Labute approximate surface area is 129 Å². The third-order valence-electron chi connectivity index (χ3n) is 2.86. The Bertz CT molecular complexity index is 676. The topological polar surface area (TPSA) is 76.3 Å². The zero-order valence-electron chi connectivity index (χ0n) is 11.2. The van der Waals surface area contributed by atoms with Crippen molar-refractivity contribution in [2.45, 2.75) is 6.54 Å². The Kier molecular flexibility index (Phi) is 4.64. The number of carbonyl (C=O) groups excluding carboxylic acids is 1. The van der Waals surface area contributed by atoms with Crippen LogP contribution < -0.4 is 0 Å². The fourth-order valence-corrected chi connectivity index (χ4v) is 2.22. The maximum Gasteiger partial charge on any atom is 0.270 e. The molecule has 0 saturated heterocycles. The van der Waals surface area contributed by atoms with E-state index in [4.69, 9.17) is 0 Å². The van der Waals surface area contributed by atoms with Crippen LogP contribution >= 0.6 is 15.9 Å². The summed E-state index contributed by atoms with van der Waals surface area (Å²) in [4.78, 5) is 28.3. The number of benzene rings is 1. The number of amides is 1. The monoisotopic (exact) mass is 349 g/mol. The zero-order valence-corrected chi connectivity index (χ0v) is 12.8. The summed E-state index contributed by atoms with van der Waals surface area (Å²) >= 11 is 3.25. The highest BCUT2D eigenvalue weighted by Crippen LogP contribution is 2.24. The van der Waals surface area contributed by atoms with Crippen molar-refractivity contribution in [1.82, 2.24) is 9.88 Å². The molecule has 2 aromatic rings. The molecule has 0 saturated carbocycles. The summed E-state index contributed by atoms with van der Waals surface area (Å²) in [6, 6.07) is 9.56. The minimum atomic E-state index is -0.526. The van der Waals surface area contributed by atoms with Gasteiger partial charge in [-0.3, -0.25) is 19.9 Å². The molecule has 21 heavy (non-hydrogen) atoms. The minimum Gasteiger partial charge on any atom is -0.336 e.